The average molecular weight is 528 g/mol. The number of anilines is 1. The number of thiocarbonyl (C=S) groups is 1. The number of rotatable bonds is 8. The molecule has 0 bridgehead atoms. The van der Waals surface area contributed by atoms with E-state index < -0.39 is 0 Å². The molecule has 8 heteroatoms. The average Bonchev–Trinajstić information content (AvgIpc) is 3.60. The van der Waals surface area contributed by atoms with Crippen molar-refractivity contribution in [2.75, 3.05) is 11.9 Å². The summed E-state index contributed by atoms with van der Waals surface area (Å²) in [5, 5.41) is 7.20. The number of pyridine rings is 1. The lowest BCUT2D eigenvalue weighted by molar-refractivity contribution is -0.116. The van der Waals surface area contributed by atoms with Gasteiger partial charge in [-0.15, -0.1) is 0 Å². The number of furan rings is 1. The van der Waals surface area contributed by atoms with Crippen LogP contribution < -0.4 is 10.6 Å². The number of benzene rings is 1. The van der Waals surface area contributed by atoms with Gasteiger partial charge in [-0.2, -0.15) is 0 Å². The van der Waals surface area contributed by atoms with Crippen LogP contribution in [0.1, 0.15) is 58.0 Å². The lowest BCUT2D eigenvalue weighted by Gasteiger charge is -2.28. The third-order valence-electron chi connectivity index (χ3n) is 7.27. The number of hydrogen-bond donors (Lipinski definition) is 2. The van der Waals surface area contributed by atoms with Crippen LogP contribution in [0, 0.1) is 27.7 Å². The largest absolute Gasteiger partial charge is 0.467 e. The maximum atomic E-state index is 13.0. The lowest BCUT2D eigenvalue weighted by atomic mass is 9.96. The van der Waals surface area contributed by atoms with Crippen molar-refractivity contribution in [1.29, 1.82) is 0 Å². The Morgan fingerprint density at radius 2 is 1.95 bits per heavy atom. The van der Waals surface area contributed by atoms with Gasteiger partial charge in [-0.25, -0.2) is 0 Å². The number of nitrogens with one attached hydrogen (secondary N) is 2. The third kappa shape index (κ3) is 5.22. The second-order valence-electron chi connectivity index (χ2n) is 9.93. The van der Waals surface area contributed by atoms with Gasteiger partial charge in [0.1, 0.15) is 5.76 Å². The number of carbonyl (C=O) groups is 1. The molecule has 7 nitrogen and oxygen atoms in total. The van der Waals surface area contributed by atoms with E-state index >= 15 is 0 Å². The minimum atomic E-state index is -0.136. The van der Waals surface area contributed by atoms with E-state index in [1.807, 2.05) is 62.4 Å². The summed E-state index contributed by atoms with van der Waals surface area (Å²) in [6, 6.07) is 17.9. The Hall–Kier alpha value is -3.91. The molecule has 1 saturated heterocycles. The van der Waals surface area contributed by atoms with E-state index in [2.05, 4.69) is 45.0 Å². The molecule has 1 amide bonds. The summed E-state index contributed by atoms with van der Waals surface area (Å²) in [6.45, 7) is 9.40. The smallest absolute Gasteiger partial charge is 0.226 e. The molecule has 1 fully saturated rings. The van der Waals surface area contributed by atoms with Crippen molar-refractivity contribution in [3.05, 3.63) is 107 Å². The summed E-state index contributed by atoms with van der Waals surface area (Å²) in [5.41, 5.74) is 7.35. The van der Waals surface area contributed by atoms with Gasteiger partial charge in [0.2, 0.25) is 5.91 Å². The first-order chi connectivity index (χ1) is 18.3. The fourth-order valence-corrected chi connectivity index (χ4v) is 5.55. The van der Waals surface area contributed by atoms with Crippen LogP contribution in [0.3, 0.4) is 0 Å². The highest BCUT2D eigenvalue weighted by Gasteiger charge is 2.41. The molecule has 2 N–H and O–H groups in total. The molecule has 0 unspecified atom stereocenters. The van der Waals surface area contributed by atoms with Crippen LogP contribution in [0.5, 0.6) is 0 Å². The molecule has 5 rings (SSSR count). The molecule has 1 aromatic carbocycles. The van der Waals surface area contributed by atoms with Crippen LogP contribution in [-0.2, 0) is 11.3 Å². The number of hydrogen-bond acceptors (Lipinski definition) is 4. The van der Waals surface area contributed by atoms with E-state index in [9.17, 15) is 4.79 Å². The SMILES string of the molecule is Cc1ccc(C)c(NC(=O)CCN2C(=S)N[C@@H](c3ccccn3)[C@H]2c2cc(C)n(Cc3ccco3)c2C)c1. The molecule has 38 heavy (non-hydrogen) atoms. The Kier molecular flexibility index (Phi) is 7.33. The number of aromatic nitrogens is 2. The second-order valence-corrected chi connectivity index (χ2v) is 10.3. The van der Waals surface area contributed by atoms with Crippen LogP contribution in [0.25, 0.3) is 0 Å². The predicted octanol–water partition coefficient (Wildman–Crippen LogP) is 5.76. The minimum absolute atomic E-state index is 0.0372. The normalized spacial score (nSPS) is 17.1. The summed E-state index contributed by atoms with van der Waals surface area (Å²) in [6.07, 6.45) is 3.81. The van der Waals surface area contributed by atoms with Gasteiger partial charge in [-0.3, -0.25) is 9.78 Å². The highest BCUT2D eigenvalue weighted by atomic mass is 32.1. The molecule has 1 aliphatic rings. The predicted molar refractivity (Wildman–Crippen MR) is 153 cm³/mol. The highest BCUT2D eigenvalue weighted by Crippen LogP contribution is 2.41. The maximum Gasteiger partial charge on any atom is 0.226 e. The zero-order valence-corrected chi connectivity index (χ0v) is 23.0. The molecular formula is C30H33N5O2S. The van der Waals surface area contributed by atoms with Gasteiger partial charge in [0, 0.05) is 36.2 Å². The number of aryl methyl sites for hydroxylation is 3. The summed E-state index contributed by atoms with van der Waals surface area (Å²) in [5.74, 6) is 0.865. The zero-order valence-electron chi connectivity index (χ0n) is 22.2. The van der Waals surface area contributed by atoms with Crippen molar-refractivity contribution in [3.63, 3.8) is 0 Å². The number of carbonyl (C=O) groups excluding carboxylic acids is 1. The summed E-state index contributed by atoms with van der Waals surface area (Å²) >= 11 is 5.82. The Balaban J connectivity index is 1.43. The number of amides is 1. The molecule has 2 atom stereocenters. The van der Waals surface area contributed by atoms with Crippen LogP contribution in [-0.4, -0.2) is 32.0 Å². The van der Waals surface area contributed by atoms with E-state index in [4.69, 9.17) is 16.6 Å². The molecule has 0 saturated carbocycles. The second kappa shape index (κ2) is 10.8. The van der Waals surface area contributed by atoms with Gasteiger partial charge in [-0.1, -0.05) is 18.2 Å². The molecule has 0 spiro atoms. The van der Waals surface area contributed by atoms with E-state index in [1.54, 1.807) is 12.5 Å². The quantitative estimate of drug-likeness (QED) is 0.284. The van der Waals surface area contributed by atoms with Gasteiger partial charge < -0.3 is 24.5 Å². The molecule has 1 aliphatic heterocycles. The van der Waals surface area contributed by atoms with E-state index in [1.165, 1.54) is 0 Å². The molecule has 3 aromatic heterocycles. The van der Waals surface area contributed by atoms with Crippen molar-refractivity contribution in [2.45, 2.75) is 52.7 Å². The fraction of sp³-hybridized carbons (Fsp3) is 0.300. The molecule has 4 aromatic rings. The fourth-order valence-electron chi connectivity index (χ4n) is 5.22. The van der Waals surface area contributed by atoms with Crippen molar-refractivity contribution in [3.8, 4) is 0 Å². The molecule has 0 aliphatic carbocycles. The van der Waals surface area contributed by atoms with Gasteiger partial charge >= 0.3 is 0 Å². The van der Waals surface area contributed by atoms with Crippen LogP contribution in [0.2, 0.25) is 0 Å². The minimum Gasteiger partial charge on any atom is -0.467 e. The first-order valence-corrected chi connectivity index (χ1v) is 13.3. The summed E-state index contributed by atoms with van der Waals surface area (Å²) in [7, 11) is 0. The standard InChI is InChI=1S/C30H33N5O2S/c1-19-10-11-20(2)26(16-19)32-27(36)12-14-34-29(28(33-30(34)38)25-9-5-6-13-31-25)24-17-21(3)35(22(24)4)18-23-8-7-15-37-23/h5-11,13,15-17,28-29H,12,14,18H2,1-4H3,(H,32,36)(H,33,38)/t28-,29+/m0/s1. The zero-order chi connectivity index (χ0) is 26.8. The van der Waals surface area contributed by atoms with E-state index in [-0.39, 0.29) is 18.0 Å². The third-order valence-corrected chi connectivity index (χ3v) is 7.62. The first kappa shape index (κ1) is 25.7. The van der Waals surface area contributed by atoms with Crippen molar-refractivity contribution in [2.24, 2.45) is 0 Å². The van der Waals surface area contributed by atoms with E-state index in [0.29, 0.717) is 24.6 Å². The van der Waals surface area contributed by atoms with Crippen LogP contribution >= 0.6 is 12.2 Å². The Morgan fingerprint density at radius 3 is 2.68 bits per heavy atom. The maximum absolute atomic E-state index is 13.0. The van der Waals surface area contributed by atoms with Crippen LogP contribution in [0.4, 0.5) is 5.69 Å². The van der Waals surface area contributed by atoms with E-state index in [0.717, 1.165) is 45.2 Å². The molecular weight excluding hydrogens is 494 g/mol. The molecule has 4 heterocycles. The molecule has 196 valence electrons. The highest BCUT2D eigenvalue weighted by molar-refractivity contribution is 7.80. The van der Waals surface area contributed by atoms with Gasteiger partial charge in [-0.05, 0) is 93.0 Å². The summed E-state index contributed by atoms with van der Waals surface area (Å²) in [4.78, 5) is 19.8. The Labute approximate surface area is 228 Å². The first-order valence-electron chi connectivity index (χ1n) is 12.9. The van der Waals surface area contributed by atoms with Crippen molar-refractivity contribution < 1.29 is 9.21 Å². The number of nitrogens with zero attached hydrogens (tertiary/aromatic N) is 3. The van der Waals surface area contributed by atoms with Gasteiger partial charge in [0.25, 0.3) is 0 Å². The Bertz CT molecular complexity index is 1450. The lowest BCUT2D eigenvalue weighted by Crippen LogP contribution is -2.33. The topological polar surface area (TPSA) is 75.3 Å². The van der Waals surface area contributed by atoms with Gasteiger partial charge in [0.05, 0.1) is 30.6 Å². The monoisotopic (exact) mass is 527 g/mol. The molecule has 0 radical (unpaired) electrons. The van der Waals surface area contributed by atoms with Crippen molar-refractivity contribution in [1.82, 2.24) is 19.8 Å². The van der Waals surface area contributed by atoms with Crippen molar-refractivity contribution >= 4 is 28.9 Å². The van der Waals surface area contributed by atoms with Crippen LogP contribution in [0.15, 0.2) is 71.5 Å². The van der Waals surface area contributed by atoms with Gasteiger partial charge in [0.15, 0.2) is 5.11 Å². The summed E-state index contributed by atoms with van der Waals surface area (Å²) < 4.78 is 7.88. The Morgan fingerprint density at radius 1 is 1.11 bits per heavy atom.